The lowest BCUT2D eigenvalue weighted by Crippen LogP contribution is -2.49. The number of ether oxygens (including phenoxy) is 1. The number of rotatable bonds is 2. The van der Waals surface area contributed by atoms with Crippen LogP contribution in [0.4, 0.5) is 10.8 Å². The third-order valence-corrected chi connectivity index (χ3v) is 5.70. The minimum atomic E-state index is 0.512. The highest BCUT2D eigenvalue weighted by molar-refractivity contribution is 7.23. The molecule has 0 aliphatic carbocycles. The van der Waals surface area contributed by atoms with Crippen molar-refractivity contribution in [1.29, 1.82) is 0 Å². The fourth-order valence-corrected chi connectivity index (χ4v) is 4.56. The molecule has 1 N–H and O–H groups in total. The zero-order valence-electron chi connectivity index (χ0n) is 13.7. The summed E-state index contributed by atoms with van der Waals surface area (Å²) in [7, 11) is 0. The molecule has 0 radical (unpaired) electrons. The molecular formula is C16H23N5OS. The van der Waals surface area contributed by atoms with Crippen molar-refractivity contribution in [3.8, 4) is 0 Å². The summed E-state index contributed by atoms with van der Waals surface area (Å²) in [6.45, 7) is 10.7. The number of hydrogen-bond acceptors (Lipinski definition) is 7. The molecule has 0 aromatic carbocycles. The van der Waals surface area contributed by atoms with Gasteiger partial charge in [-0.3, -0.25) is 0 Å². The predicted molar refractivity (Wildman–Crippen MR) is 94.9 cm³/mol. The molecule has 0 unspecified atom stereocenters. The molecule has 6 nitrogen and oxygen atoms in total. The maximum absolute atomic E-state index is 5.48. The average molecular weight is 333 g/mol. The van der Waals surface area contributed by atoms with Crippen molar-refractivity contribution in [2.24, 2.45) is 0 Å². The fourth-order valence-electron chi connectivity index (χ4n) is 3.31. The molecule has 2 aliphatic rings. The van der Waals surface area contributed by atoms with Crippen molar-refractivity contribution in [3.63, 3.8) is 0 Å². The highest BCUT2D eigenvalue weighted by Crippen LogP contribution is 2.38. The van der Waals surface area contributed by atoms with Crippen molar-refractivity contribution < 1.29 is 4.74 Å². The highest BCUT2D eigenvalue weighted by atomic mass is 32.1. The first kappa shape index (κ1) is 15.1. The van der Waals surface area contributed by atoms with E-state index in [2.05, 4.69) is 33.1 Å². The highest BCUT2D eigenvalue weighted by Gasteiger charge is 2.23. The van der Waals surface area contributed by atoms with E-state index in [4.69, 9.17) is 9.72 Å². The van der Waals surface area contributed by atoms with Gasteiger partial charge in [0.2, 0.25) is 0 Å². The number of thiophene rings is 1. The number of piperazine rings is 1. The van der Waals surface area contributed by atoms with E-state index in [1.54, 1.807) is 0 Å². The van der Waals surface area contributed by atoms with Crippen LogP contribution in [0.25, 0.3) is 10.2 Å². The molecule has 0 spiro atoms. The SMILES string of the molecule is Cc1nc(N2CCOCC2)c2sc(N3CCNC[C@@H]3C)cc2n1. The minimum absolute atomic E-state index is 0.512. The number of fused-ring (bicyclic) bond motifs is 1. The summed E-state index contributed by atoms with van der Waals surface area (Å²) in [4.78, 5) is 14.2. The zero-order valence-corrected chi connectivity index (χ0v) is 14.5. The molecule has 2 aromatic rings. The van der Waals surface area contributed by atoms with Gasteiger partial charge < -0.3 is 19.9 Å². The molecule has 4 heterocycles. The van der Waals surface area contributed by atoms with Gasteiger partial charge in [-0.2, -0.15) is 0 Å². The summed E-state index contributed by atoms with van der Waals surface area (Å²) >= 11 is 1.83. The summed E-state index contributed by atoms with van der Waals surface area (Å²) < 4.78 is 6.69. The van der Waals surface area contributed by atoms with Crippen LogP contribution in [0.15, 0.2) is 6.07 Å². The van der Waals surface area contributed by atoms with Gasteiger partial charge in [-0.05, 0) is 19.9 Å². The monoisotopic (exact) mass is 333 g/mol. The zero-order chi connectivity index (χ0) is 15.8. The number of hydrogen-bond donors (Lipinski definition) is 1. The van der Waals surface area contributed by atoms with Gasteiger partial charge in [0.15, 0.2) is 5.82 Å². The van der Waals surface area contributed by atoms with Crippen LogP contribution in [0.2, 0.25) is 0 Å². The van der Waals surface area contributed by atoms with Crippen molar-refractivity contribution >= 4 is 32.4 Å². The first-order valence-electron chi connectivity index (χ1n) is 8.30. The van der Waals surface area contributed by atoms with Crippen molar-refractivity contribution in [2.45, 2.75) is 19.9 Å². The normalized spacial score (nSPS) is 22.8. The van der Waals surface area contributed by atoms with E-state index in [9.17, 15) is 0 Å². The van der Waals surface area contributed by atoms with E-state index in [1.807, 2.05) is 18.3 Å². The van der Waals surface area contributed by atoms with Gasteiger partial charge >= 0.3 is 0 Å². The maximum Gasteiger partial charge on any atom is 0.150 e. The van der Waals surface area contributed by atoms with Gasteiger partial charge in [0, 0.05) is 38.8 Å². The van der Waals surface area contributed by atoms with Gasteiger partial charge in [-0.25, -0.2) is 9.97 Å². The Morgan fingerprint density at radius 1 is 1.26 bits per heavy atom. The second-order valence-electron chi connectivity index (χ2n) is 6.24. The quantitative estimate of drug-likeness (QED) is 0.902. The smallest absolute Gasteiger partial charge is 0.150 e. The van der Waals surface area contributed by atoms with Gasteiger partial charge in [-0.1, -0.05) is 0 Å². The van der Waals surface area contributed by atoms with Crippen LogP contribution in [-0.2, 0) is 4.74 Å². The topological polar surface area (TPSA) is 53.5 Å². The average Bonchev–Trinajstić information content (AvgIpc) is 2.99. The van der Waals surface area contributed by atoms with Crippen LogP contribution >= 0.6 is 11.3 Å². The molecule has 2 aromatic heterocycles. The summed E-state index contributed by atoms with van der Waals surface area (Å²) in [6, 6.07) is 2.75. The van der Waals surface area contributed by atoms with Gasteiger partial charge in [-0.15, -0.1) is 11.3 Å². The number of anilines is 2. The lowest BCUT2D eigenvalue weighted by atomic mass is 10.2. The first-order valence-corrected chi connectivity index (χ1v) is 9.12. The Balaban J connectivity index is 1.75. The molecule has 0 saturated carbocycles. The van der Waals surface area contributed by atoms with Crippen LogP contribution in [-0.4, -0.2) is 61.9 Å². The molecule has 4 rings (SSSR count). The lowest BCUT2D eigenvalue weighted by Gasteiger charge is -2.34. The van der Waals surface area contributed by atoms with E-state index < -0.39 is 0 Å². The number of nitrogens with zero attached hydrogens (tertiary/aromatic N) is 4. The Labute approximate surface area is 140 Å². The summed E-state index contributed by atoms with van der Waals surface area (Å²) in [6.07, 6.45) is 0. The number of aromatic nitrogens is 2. The fraction of sp³-hybridized carbons (Fsp3) is 0.625. The molecule has 0 amide bonds. The Hall–Kier alpha value is -1.44. The lowest BCUT2D eigenvalue weighted by molar-refractivity contribution is 0.122. The number of morpholine rings is 1. The second-order valence-corrected chi connectivity index (χ2v) is 7.27. The molecule has 7 heteroatoms. The van der Waals surface area contributed by atoms with E-state index in [0.29, 0.717) is 6.04 Å². The summed E-state index contributed by atoms with van der Waals surface area (Å²) in [5.41, 5.74) is 1.07. The summed E-state index contributed by atoms with van der Waals surface area (Å²) in [5, 5.41) is 4.76. The Kier molecular flexibility index (Phi) is 4.09. The van der Waals surface area contributed by atoms with Crippen LogP contribution < -0.4 is 15.1 Å². The molecule has 124 valence electrons. The molecule has 1 atom stereocenters. The Morgan fingerprint density at radius 3 is 2.87 bits per heavy atom. The van der Waals surface area contributed by atoms with E-state index in [-0.39, 0.29) is 0 Å². The Bertz CT molecular complexity index is 697. The van der Waals surface area contributed by atoms with Crippen LogP contribution in [0.1, 0.15) is 12.7 Å². The van der Waals surface area contributed by atoms with Gasteiger partial charge in [0.25, 0.3) is 0 Å². The molecule has 0 bridgehead atoms. The second kappa shape index (κ2) is 6.22. The largest absolute Gasteiger partial charge is 0.378 e. The third kappa shape index (κ3) is 2.88. The van der Waals surface area contributed by atoms with Gasteiger partial charge in [0.05, 0.1) is 28.4 Å². The predicted octanol–water partition coefficient (Wildman–Crippen LogP) is 1.63. The van der Waals surface area contributed by atoms with Crippen LogP contribution in [0.5, 0.6) is 0 Å². The molecular weight excluding hydrogens is 310 g/mol. The summed E-state index contributed by atoms with van der Waals surface area (Å²) in [5.74, 6) is 1.92. The van der Waals surface area contributed by atoms with E-state index >= 15 is 0 Å². The van der Waals surface area contributed by atoms with Crippen molar-refractivity contribution in [1.82, 2.24) is 15.3 Å². The number of aryl methyl sites for hydroxylation is 1. The maximum atomic E-state index is 5.48. The number of nitrogens with one attached hydrogen (secondary N) is 1. The van der Waals surface area contributed by atoms with Crippen molar-refractivity contribution in [2.75, 3.05) is 55.7 Å². The molecule has 2 aliphatic heterocycles. The Morgan fingerprint density at radius 2 is 2.09 bits per heavy atom. The first-order chi connectivity index (χ1) is 11.2. The van der Waals surface area contributed by atoms with E-state index in [0.717, 1.165) is 63.1 Å². The molecule has 2 saturated heterocycles. The van der Waals surface area contributed by atoms with Crippen molar-refractivity contribution in [3.05, 3.63) is 11.9 Å². The van der Waals surface area contributed by atoms with E-state index in [1.165, 1.54) is 9.70 Å². The van der Waals surface area contributed by atoms with Gasteiger partial charge in [0.1, 0.15) is 5.82 Å². The third-order valence-electron chi connectivity index (χ3n) is 4.55. The standard InChI is InChI=1S/C16H23N5OS/c1-11-10-17-3-4-21(11)14-9-13-15(23-14)16(19-12(2)18-13)20-5-7-22-8-6-20/h9,11,17H,3-8,10H2,1-2H3/t11-/m0/s1. The molecule has 2 fully saturated rings. The minimum Gasteiger partial charge on any atom is -0.378 e. The molecule has 23 heavy (non-hydrogen) atoms. The van der Waals surface area contributed by atoms with Crippen LogP contribution in [0, 0.1) is 6.92 Å². The van der Waals surface area contributed by atoms with Crippen LogP contribution in [0.3, 0.4) is 0 Å².